The van der Waals surface area contributed by atoms with Gasteiger partial charge in [0.1, 0.15) is 11.5 Å². The molecule has 0 saturated carbocycles. The minimum absolute atomic E-state index is 0.167. The van der Waals surface area contributed by atoms with Gasteiger partial charge in [-0.25, -0.2) is 0 Å². The Hall–Kier alpha value is -2.32. The van der Waals surface area contributed by atoms with Crippen LogP contribution in [0.1, 0.15) is 11.1 Å². The Bertz CT molecular complexity index is 828. The molecule has 8 heteroatoms. The van der Waals surface area contributed by atoms with Crippen molar-refractivity contribution >= 4 is 33.4 Å². The van der Waals surface area contributed by atoms with Crippen molar-refractivity contribution in [3.8, 4) is 11.5 Å². The van der Waals surface area contributed by atoms with Crippen LogP contribution in [0.5, 0.6) is 11.5 Å². The van der Waals surface area contributed by atoms with E-state index in [1.807, 2.05) is 48.5 Å². The molecule has 3 heterocycles. The molecule has 0 aromatic heterocycles. The van der Waals surface area contributed by atoms with Crippen LogP contribution in [0.25, 0.3) is 0 Å². The van der Waals surface area contributed by atoms with Gasteiger partial charge >= 0.3 is 0 Å². The number of hydrogen-bond donors (Lipinski definition) is 2. The van der Waals surface area contributed by atoms with Crippen LogP contribution in [-0.2, 0) is 22.4 Å². The lowest BCUT2D eigenvalue weighted by molar-refractivity contribution is -0.139. The van der Waals surface area contributed by atoms with Crippen molar-refractivity contribution in [1.29, 1.82) is 0 Å². The molecule has 2 atom stereocenters. The number of carbonyl (C=O) groups excluding carboxylic acids is 2. The summed E-state index contributed by atoms with van der Waals surface area (Å²) >= 11 is 0. The molecule has 3 fully saturated rings. The predicted molar refractivity (Wildman–Crippen MR) is 110 cm³/mol. The lowest BCUT2D eigenvalue weighted by Gasteiger charge is -2.50. The number of amides is 2. The van der Waals surface area contributed by atoms with Crippen LogP contribution in [0, 0.1) is 0 Å². The highest BCUT2D eigenvalue weighted by Crippen LogP contribution is 2.52. The summed E-state index contributed by atoms with van der Waals surface area (Å²) in [6.07, 6.45) is 0.815. The van der Waals surface area contributed by atoms with E-state index in [4.69, 9.17) is 9.47 Å². The molecule has 146 valence electrons. The lowest BCUT2D eigenvalue weighted by Crippen LogP contribution is -2.76. The van der Waals surface area contributed by atoms with Gasteiger partial charge in [0.25, 0.3) is 11.8 Å². The van der Waals surface area contributed by atoms with E-state index in [1.165, 1.54) is 21.6 Å². The third-order valence-corrected chi connectivity index (χ3v) is 8.39. The first-order valence-corrected chi connectivity index (χ1v) is 10.9. The maximum Gasteiger partial charge on any atom is 0.259 e. The van der Waals surface area contributed by atoms with E-state index in [-0.39, 0.29) is 11.8 Å². The maximum absolute atomic E-state index is 12.9. The fraction of sp³-hybridized carbons (Fsp3) is 0.300. The van der Waals surface area contributed by atoms with Crippen LogP contribution in [0.3, 0.4) is 0 Å². The summed E-state index contributed by atoms with van der Waals surface area (Å²) in [6.45, 7) is 0. The summed E-state index contributed by atoms with van der Waals surface area (Å²) in [5.41, 5.74) is 1.91. The standard InChI is InChI=1S/C20H20N2O4S2/c1-25-15-7-3-13(4-8-15)11-19-17(23)22-20(28-27-19,18(24)21-19)12-14-5-9-16(26-2)10-6-14/h3-10H,11-12H2,1-2H3,(H,21,24)(H,22,23). The average molecular weight is 417 g/mol. The third-order valence-electron chi connectivity index (χ3n) is 4.91. The van der Waals surface area contributed by atoms with Crippen molar-refractivity contribution < 1.29 is 19.1 Å². The molecule has 6 nitrogen and oxygen atoms in total. The van der Waals surface area contributed by atoms with Crippen molar-refractivity contribution in [2.45, 2.75) is 22.6 Å². The summed E-state index contributed by atoms with van der Waals surface area (Å²) in [6, 6.07) is 15.0. The normalized spacial score (nSPS) is 25.8. The Balaban J connectivity index is 1.52. The van der Waals surface area contributed by atoms with Crippen molar-refractivity contribution in [3.05, 3.63) is 59.7 Å². The van der Waals surface area contributed by atoms with Gasteiger partial charge < -0.3 is 20.1 Å². The van der Waals surface area contributed by atoms with Gasteiger partial charge in [0.2, 0.25) is 0 Å². The Morgan fingerprint density at radius 1 is 0.714 bits per heavy atom. The number of piperazine rings is 1. The SMILES string of the molecule is COc1ccc(CC23NC(=O)C(Cc4ccc(OC)cc4)(NC2=O)SS3)cc1. The Morgan fingerprint density at radius 3 is 1.36 bits per heavy atom. The van der Waals surface area contributed by atoms with Gasteiger partial charge in [-0.1, -0.05) is 45.9 Å². The highest BCUT2D eigenvalue weighted by Gasteiger charge is 2.60. The van der Waals surface area contributed by atoms with Crippen LogP contribution < -0.4 is 20.1 Å². The van der Waals surface area contributed by atoms with E-state index in [0.717, 1.165) is 22.6 Å². The van der Waals surface area contributed by atoms with Crippen molar-refractivity contribution in [2.75, 3.05) is 14.2 Å². The van der Waals surface area contributed by atoms with Crippen LogP contribution in [0.4, 0.5) is 0 Å². The van der Waals surface area contributed by atoms with Crippen LogP contribution >= 0.6 is 21.6 Å². The smallest absolute Gasteiger partial charge is 0.259 e. The fourth-order valence-corrected chi connectivity index (χ4v) is 6.48. The van der Waals surface area contributed by atoms with E-state index >= 15 is 0 Å². The summed E-state index contributed by atoms with van der Waals surface area (Å²) < 4.78 is 10.3. The minimum Gasteiger partial charge on any atom is -0.497 e. The van der Waals surface area contributed by atoms with Gasteiger partial charge in [-0.3, -0.25) is 9.59 Å². The highest BCUT2D eigenvalue weighted by atomic mass is 33.1. The first-order chi connectivity index (χ1) is 13.5. The second-order valence-corrected chi connectivity index (χ2v) is 9.51. The largest absolute Gasteiger partial charge is 0.497 e. The van der Waals surface area contributed by atoms with E-state index in [2.05, 4.69) is 10.6 Å². The molecule has 2 bridgehead atoms. The van der Waals surface area contributed by atoms with Gasteiger partial charge in [-0.15, -0.1) is 0 Å². The van der Waals surface area contributed by atoms with E-state index < -0.39 is 9.74 Å². The molecule has 3 saturated heterocycles. The molecule has 3 aliphatic heterocycles. The van der Waals surface area contributed by atoms with Gasteiger partial charge in [0, 0.05) is 12.8 Å². The van der Waals surface area contributed by atoms with Crippen molar-refractivity contribution in [2.24, 2.45) is 0 Å². The first kappa shape index (κ1) is 19.0. The molecule has 3 aliphatic rings. The van der Waals surface area contributed by atoms with E-state index in [9.17, 15) is 9.59 Å². The number of ether oxygens (including phenoxy) is 2. The molecule has 2 aromatic carbocycles. The second kappa shape index (κ2) is 7.25. The Morgan fingerprint density at radius 2 is 1.07 bits per heavy atom. The predicted octanol–water partition coefficient (Wildman–Crippen LogP) is 2.52. The van der Waals surface area contributed by atoms with Crippen LogP contribution in [0.15, 0.2) is 48.5 Å². The van der Waals surface area contributed by atoms with Crippen molar-refractivity contribution in [3.63, 3.8) is 0 Å². The molecule has 2 N–H and O–H groups in total. The zero-order chi connectivity index (χ0) is 19.8. The summed E-state index contributed by atoms with van der Waals surface area (Å²) in [5.74, 6) is 1.17. The Kier molecular flexibility index (Phi) is 4.93. The molecule has 0 aliphatic carbocycles. The molecule has 28 heavy (non-hydrogen) atoms. The summed E-state index contributed by atoms with van der Waals surface area (Å²) in [4.78, 5) is 23.9. The number of carbonyl (C=O) groups is 2. The number of rotatable bonds is 6. The Labute approximate surface area is 171 Å². The number of nitrogens with one attached hydrogen (secondary N) is 2. The quantitative estimate of drug-likeness (QED) is 0.705. The topological polar surface area (TPSA) is 76.7 Å². The molecule has 0 radical (unpaired) electrons. The molecule has 0 spiro atoms. The highest BCUT2D eigenvalue weighted by molar-refractivity contribution is 8.78. The van der Waals surface area contributed by atoms with Crippen molar-refractivity contribution in [1.82, 2.24) is 10.6 Å². The van der Waals surface area contributed by atoms with Crippen LogP contribution in [0.2, 0.25) is 0 Å². The van der Waals surface area contributed by atoms with Gasteiger partial charge in [-0.2, -0.15) is 0 Å². The lowest BCUT2D eigenvalue weighted by atomic mass is 9.97. The number of methoxy groups -OCH3 is 2. The first-order valence-electron chi connectivity index (χ1n) is 8.76. The molecule has 5 rings (SSSR count). The third kappa shape index (κ3) is 3.31. The maximum atomic E-state index is 12.9. The fourth-order valence-electron chi connectivity index (χ4n) is 3.31. The van der Waals surface area contributed by atoms with Crippen LogP contribution in [-0.4, -0.2) is 35.8 Å². The number of fused-ring (bicyclic) bond motifs is 3. The monoisotopic (exact) mass is 416 g/mol. The van der Waals surface area contributed by atoms with Gasteiger partial charge in [-0.05, 0) is 35.4 Å². The zero-order valence-corrected chi connectivity index (χ0v) is 17.1. The number of hydrogen-bond acceptors (Lipinski definition) is 6. The minimum atomic E-state index is -1.00. The molecular formula is C20H20N2O4S2. The summed E-state index contributed by atoms with van der Waals surface area (Å²) in [7, 11) is 6.06. The molecule has 2 amide bonds. The van der Waals surface area contributed by atoms with E-state index in [1.54, 1.807) is 14.2 Å². The van der Waals surface area contributed by atoms with Gasteiger partial charge in [0.05, 0.1) is 14.2 Å². The number of benzene rings is 2. The second-order valence-electron chi connectivity index (χ2n) is 6.78. The zero-order valence-electron chi connectivity index (χ0n) is 15.5. The molecule has 2 aromatic rings. The van der Waals surface area contributed by atoms with E-state index in [0.29, 0.717) is 12.8 Å². The summed E-state index contributed by atoms with van der Waals surface area (Å²) in [5, 5.41) is 5.95. The molecular weight excluding hydrogens is 396 g/mol. The average Bonchev–Trinajstić information content (AvgIpc) is 2.71. The van der Waals surface area contributed by atoms with Gasteiger partial charge in [0.15, 0.2) is 9.74 Å². The molecule has 2 unspecified atom stereocenters.